The van der Waals surface area contributed by atoms with Crippen molar-refractivity contribution in [1.29, 1.82) is 0 Å². The van der Waals surface area contributed by atoms with Crippen molar-refractivity contribution in [2.24, 2.45) is 5.92 Å². The van der Waals surface area contributed by atoms with Crippen LogP contribution in [0.4, 0.5) is 0 Å². The van der Waals surface area contributed by atoms with E-state index in [1.165, 1.54) is 0 Å². The first kappa shape index (κ1) is 14.2. The minimum Gasteiger partial charge on any atom is -0.379 e. The smallest absolute Gasteiger partial charge is 0.232 e. The molecule has 96 valence electrons. The van der Waals surface area contributed by atoms with E-state index >= 15 is 0 Å². The lowest BCUT2D eigenvalue weighted by atomic mass is 10.1. The quantitative estimate of drug-likeness (QED) is 0.662. The Hall–Kier alpha value is 0.160. The predicted octanol–water partition coefficient (Wildman–Crippen LogP) is 1.78. The summed E-state index contributed by atoms with van der Waals surface area (Å²) < 4.78 is 32.3. The standard InChI is InChI=1S/C10H19ClO4S/c1-9(4-7-16(11,12)13)2-6-15-10-3-5-14-8-10/h9-10H,2-8H2,1H3. The van der Waals surface area contributed by atoms with Gasteiger partial charge in [-0.3, -0.25) is 0 Å². The van der Waals surface area contributed by atoms with Gasteiger partial charge in [0.05, 0.1) is 18.5 Å². The fourth-order valence-corrected chi connectivity index (χ4v) is 2.52. The van der Waals surface area contributed by atoms with Crippen LogP contribution in [0, 0.1) is 5.92 Å². The van der Waals surface area contributed by atoms with Gasteiger partial charge in [0, 0.05) is 23.9 Å². The Labute approximate surface area is 102 Å². The average Bonchev–Trinajstić information content (AvgIpc) is 2.66. The summed E-state index contributed by atoms with van der Waals surface area (Å²) in [6.07, 6.45) is 2.65. The Kier molecular flexibility index (Phi) is 6.03. The summed E-state index contributed by atoms with van der Waals surface area (Å²) in [5.74, 6) is 0.360. The first-order valence-electron chi connectivity index (χ1n) is 5.59. The van der Waals surface area contributed by atoms with Gasteiger partial charge in [-0.2, -0.15) is 0 Å². The second kappa shape index (κ2) is 6.79. The maximum atomic E-state index is 10.7. The van der Waals surface area contributed by atoms with Gasteiger partial charge in [0.2, 0.25) is 9.05 Å². The van der Waals surface area contributed by atoms with E-state index in [0.717, 1.165) is 19.4 Å². The Bertz CT molecular complexity index is 285. The van der Waals surface area contributed by atoms with E-state index in [-0.39, 0.29) is 11.9 Å². The molecule has 4 nitrogen and oxygen atoms in total. The van der Waals surface area contributed by atoms with Crippen molar-refractivity contribution in [3.63, 3.8) is 0 Å². The lowest BCUT2D eigenvalue weighted by molar-refractivity contribution is 0.0362. The maximum absolute atomic E-state index is 10.7. The highest BCUT2D eigenvalue weighted by Crippen LogP contribution is 2.14. The van der Waals surface area contributed by atoms with Crippen LogP contribution in [-0.4, -0.2) is 40.1 Å². The van der Waals surface area contributed by atoms with Gasteiger partial charge in [0.15, 0.2) is 0 Å². The molecule has 6 heteroatoms. The summed E-state index contributed by atoms with van der Waals surface area (Å²) in [4.78, 5) is 0. The third kappa shape index (κ3) is 6.68. The molecule has 0 aliphatic carbocycles. The first-order chi connectivity index (χ1) is 7.47. The van der Waals surface area contributed by atoms with Crippen LogP contribution in [0.2, 0.25) is 0 Å². The van der Waals surface area contributed by atoms with E-state index in [9.17, 15) is 8.42 Å². The minimum absolute atomic E-state index is 0.0439. The second-order valence-corrected chi connectivity index (χ2v) is 7.18. The highest BCUT2D eigenvalue weighted by atomic mass is 35.7. The summed E-state index contributed by atoms with van der Waals surface area (Å²) in [5, 5.41) is 0. The van der Waals surface area contributed by atoms with Crippen molar-refractivity contribution >= 4 is 19.7 Å². The van der Waals surface area contributed by atoms with E-state index in [2.05, 4.69) is 0 Å². The van der Waals surface area contributed by atoms with E-state index in [0.29, 0.717) is 25.6 Å². The summed E-state index contributed by atoms with van der Waals surface area (Å²) in [5.41, 5.74) is 0. The van der Waals surface area contributed by atoms with Gasteiger partial charge in [0.1, 0.15) is 0 Å². The van der Waals surface area contributed by atoms with Crippen molar-refractivity contribution in [1.82, 2.24) is 0 Å². The first-order valence-corrected chi connectivity index (χ1v) is 8.07. The molecule has 1 aliphatic heterocycles. The van der Waals surface area contributed by atoms with Crippen LogP contribution in [0.5, 0.6) is 0 Å². The summed E-state index contributed by atoms with van der Waals surface area (Å²) in [7, 11) is 1.79. The van der Waals surface area contributed by atoms with Crippen LogP contribution < -0.4 is 0 Å². The molecule has 0 aromatic rings. The third-order valence-electron chi connectivity index (χ3n) is 2.71. The molecule has 0 spiro atoms. The van der Waals surface area contributed by atoms with Gasteiger partial charge < -0.3 is 9.47 Å². The van der Waals surface area contributed by atoms with Gasteiger partial charge in [-0.25, -0.2) is 8.42 Å². The average molecular weight is 271 g/mol. The van der Waals surface area contributed by atoms with Crippen molar-refractivity contribution in [3.05, 3.63) is 0 Å². The Morgan fingerprint density at radius 3 is 2.81 bits per heavy atom. The van der Waals surface area contributed by atoms with Gasteiger partial charge in [0.25, 0.3) is 0 Å². The van der Waals surface area contributed by atoms with Crippen LogP contribution in [-0.2, 0) is 18.5 Å². The predicted molar refractivity (Wildman–Crippen MR) is 63.2 cm³/mol. The third-order valence-corrected chi connectivity index (χ3v) is 3.89. The Morgan fingerprint density at radius 1 is 1.50 bits per heavy atom. The zero-order valence-electron chi connectivity index (χ0n) is 9.52. The summed E-state index contributed by atoms with van der Waals surface area (Å²) in [6.45, 7) is 4.14. The molecule has 1 rings (SSSR count). The molecule has 0 saturated carbocycles. The lowest BCUT2D eigenvalue weighted by Gasteiger charge is -2.13. The molecule has 2 unspecified atom stereocenters. The molecule has 0 bridgehead atoms. The number of ether oxygens (including phenoxy) is 2. The van der Waals surface area contributed by atoms with E-state index < -0.39 is 9.05 Å². The molecular weight excluding hydrogens is 252 g/mol. The Morgan fingerprint density at radius 2 is 2.25 bits per heavy atom. The largest absolute Gasteiger partial charge is 0.379 e. The van der Waals surface area contributed by atoms with Gasteiger partial charge in [-0.15, -0.1) is 0 Å². The molecule has 1 saturated heterocycles. The molecule has 0 amide bonds. The highest BCUT2D eigenvalue weighted by molar-refractivity contribution is 8.13. The van der Waals surface area contributed by atoms with E-state index in [1.807, 2.05) is 6.92 Å². The lowest BCUT2D eigenvalue weighted by Crippen LogP contribution is -2.15. The molecule has 2 atom stereocenters. The minimum atomic E-state index is -3.35. The zero-order valence-corrected chi connectivity index (χ0v) is 11.1. The number of rotatable bonds is 7. The van der Waals surface area contributed by atoms with Crippen LogP contribution in [0.15, 0.2) is 0 Å². The molecular formula is C10H19ClO4S. The van der Waals surface area contributed by atoms with Gasteiger partial charge in [-0.05, 0) is 25.2 Å². The molecule has 0 aromatic heterocycles. The fourth-order valence-electron chi connectivity index (χ4n) is 1.57. The van der Waals surface area contributed by atoms with Crippen LogP contribution in [0.3, 0.4) is 0 Å². The van der Waals surface area contributed by atoms with Crippen LogP contribution in [0.1, 0.15) is 26.2 Å². The van der Waals surface area contributed by atoms with Crippen LogP contribution in [0.25, 0.3) is 0 Å². The molecule has 1 fully saturated rings. The molecule has 0 radical (unpaired) electrons. The van der Waals surface area contributed by atoms with E-state index in [1.54, 1.807) is 0 Å². The molecule has 1 aliphatic rings. The number of hydrogen-bond donors (Lipinski definition) is 0. The van der Waals surface area contributed by atoms with E-state index in [4.69, 9.17) is 20.2 Å². The Balaban J connectivity index is 2.03. The monoisotopic (exact) mass is 270 g/mol. The number of halogens is 1. The van der Waals surface area contributed by atoms with Crippen molar-refractivity contribution in [3.8, 4) is 0 Å². The van der Waals surface area contributed by atoms with Crippen molar-refractivity contribution < 1.29 is 17.9 Å². The fraction of sp³-hybridized carbons (Fsp3) is 1.00. The van der Waals surface area contributed by atoms with Gasteiger partial charge >= 0.3 is 0 Å². The zero-order chi connectivity index (χ0) is 12.0. The molecule has 0 aromatic carbocycles. The highest BCUT2D eigenvalue weighted by Gasteiger charge is 2.16. The second-order valence-electron chi connectivity index (χ2n) is 4.28. The number of hydrogen-bond acceptors (Lipinski definition) is 4. The summed E-state index contributed by atoms with van der Waals surface area (Å²) in [6, 6.07) is 0. The van der Waals surface area contributed by atoms with Crippen LogP contribution >= 0.6 is 10.7 Å². The summed E-state index contributed by atoms with van der Waals surface area (Å²) >= 11 is 0. The van der Waals surface area contributed by atoms with Crippen molar-refractivity contribution in [2.45, 2.75) is 32.3 Å². The molecule has 0 N–H and O–H groups in total. The molecule has 1 heterocycles. The maximum Gasteiger partial charge on any atom is 0.232 e. The normalized spacial score (nSPS) is 23.5. The topological polar surface area (TPSA) is 52.6 Å². The SMILES string of the molecule is CC(CCOC1CCOC1)CCS(=O)(=O)Cl. The van der Waals surface area contributed by atoms with Gasteiger partial charge in [-0.1, -0.05) is 6.92 Å². The van der Waals surface area contributed by atoms with Crippen molar-refractivity contribution in [2.75, 3.05) is 25.6 Å². The molecule has 16 heavy (non-hydrogen) atoms.